The zero-order chi connectivity index (χ0) is 15.2. The molecule has 0 saturated carbocycles. The van der Waals surface area contributed by atoms with Crippen LogP contribution < -0.4 is 5.32 Å². The molecule has 1 N–H and O–H groups in total. The van der Waals surface area contributed by atoms with Crippen molar-refractivity contribution in [3.63, 3.8) is 0 Å². The maximum Gasteiger partial charge on any atom is 0.254 e. The third-order valence-corrected chi connectivity index (χ3v) is 3.19. The van der Waals surface area contributed by atoms with Crippen molar-refractivity contribution in [3.05, 3.63) is 41.9 Å². The van der Waals surface area contributed by atoms with Gasteiger partial charge in [-0.3, -0.25) is 4.79 Å². The van der Waals surface area contributed by atoms with Crippen LogP contribution in [0.4, 0.5) is 0 Å². The predicted molar refractivity (Wildman–Crippen MR) is 81.6 cm³/mol. The van der Waals surface area contributed by atoms with Crippen molar-refractivity contribution in [1.29, 1.82) is 0 Å². The van der Waals surface area contributed by atoms with Gasteiger partial charge in [-0.2, -0.15) is 5.10 Å². The van der Waals surface area contributed by atoms with Crippen LogP contribution in [-0.4, -0.2) is 52.8 Å². The average Bonchev–Trinajstić information content (AvgIpc) is 2.86. The summed E-state index contributed by atoms with van der Waals surface area (Å²) in [5.41, 5.74) is 1.38. The molecule has 6 nitrogen and oxygen atoms in total. The molecule has 2 rings (SSSR count). The first kappa shape index (κ1) is 15.2. The Morgan fingerprint density at radius 1 is 1.38 bits per heavy atom. The third kappa shape index (κ3) is 3.88. The molecule has 21 heavy (non-hydrogen) atoms. The second-order valence-electron chi connectivity index (χ2n) is 5.16. The minimum Gasteiger partial charge on any atom is -0.352 e. The summed E-state index contributed by atoms with van der Waals surface area (Å²) in [6.45, 7) is 3.48. The van der Waals surface area contributed by atoms with Crippen LogP contribution in [0.3, 0.4) is 0 Å². The van der Waals surface area contributed by atoms with E-state index < -0.39 is 0 Å². The molecule has 2 aromatic heterocycles. The van der Waals surface area contributed by atoms with Gasteiger partial charge in [-0.05, 0) is 46.1 Å². The normalized spacial score (nSPS) is 10.9. The van der Waals surface area contributed by atoms with Crippen LogP contribution in [0.15, 0.2) is 30.6 Å². The number of aromatic nitrogens is 3. The second kappa shape index (κ2) is 6.99. The lowest BCUT2D eigenvalue weighted by Gasteiger charge is -2.09. The molecule has 112 valence electrons. The SMILES string of the molecule is Cc1c(C(=O)NCCCN(C)C)cnn1-c1ccccn1. The molecule has 2 aromatic rings. The summed E-state index contributed by atoms with van der Waals surface area (Å²) < 4.78 is 1.68. The Labute approximate surface area is 124 Å². The number of carbonyl (C=O) groups excluding carboxylic acids is 1. The van der Waals surface area contributed by atoms with E-state index >= 15 is 0 Å². The average molecular weight is 287 g/mol. The number of nitrogens with one attached hydrogen (secondary N) is 1. The van der Waals surface area contributed by atoms with Crippen molar-refractivity contribution in [3.8, 4) is 5.82 Å². The fourth-order valence-corrected chi connectivity index (χ4v) is 2.03. The number of pyridine rings is 1. The molecule has 1 amide bonds. The van der Waals surface area contributed by atoms with E-state index in [4.69, 9.17) is 0 Å². The molecule has 0 spiro atoms. The Bertz CT molecular complexity index is 591. The van der Waals surface area contributed by atoms with Gasteiger partial charge < -0.3 is 10.2 Å². The van der Waals surface area contributed by atoms with E-state index in [2.05, 4.69) is 20.3 Å². The predicted octanol–water partition coefficient (Wildman–Crippen LogP) is 1.26. The van der Waals surface area contributed by atoms with E-state index in [9.17, 15) is 4.79 Å². The van der Waals surface area contributed by atoms with Crippen molar-refractivity contribution in [2.75, 3.05) is 27.2 Å². The fraction of sp³-hybridized carbons (Fsp3) is 0.400. The van der Waals surface area contributed by atoms with Crippen LogP contribution in [-0.2, 0) is 0 Å². The first-order valence-electron chi connectivity index (χ1n) is 6.98. The summed E-state index contributed by atoms with van der Waals surface area (Å²) in [6, 6.07) is 5.60. The van der Waals surface area contributed by atoms with Gasteiger partial charge in [0, 0.05) is 12.7 Å². The molecule has 0 unspecified atom stereocenters. The summed E-state index contributed by atoms with van der Waals surface area (Å²) >= 11 is 0. The van der Waals surface area contributed by atoms with Gasteiger partial charge in [0.05, 0.1) is 17.5 Å². The molecule has 0 radical (unpaired) electrons. The number of carbonyl (C=O) groups is 1. The van der Waals surface area contributed by atoms with Crippen LogP contribution in [0.2, 0.25) is 0 Å². The molecule has 0 aliphatic rings. The molecule has 0 aliphatic heterocycles. The lowest BCUT2D eigenvalue weighted by atomic mass is 10.2. The van der Waals surface area contributed by atoms with Gasteiger partial charge in [0.25, 0.3) is 5.91 Å². The Morgan fingerprint density at radius 2 is 2.19 bits per heavy atom. The maximum absolute atomic E-state index is 12.2. The number of rotatable bonds is 6. The summed E-state index contributed by atoms with van der Waals surface area (Å²) in [7, 11) is 4.03. The first-order chi connectivity index (χ1) is 10.1. The smallest absolute Gasteiger partial charge is 0.254 e. The first-order valence-corrected chi connectivity index (χ1v) is 6.98. The van der Waals surface area contributed by atoms with Gasteiger partial charge in [-0.15, -0.1) is 0 Å². The lowest BCUT2D eigenvalue weighted by molar-refractivity contribution is 0.0951. The Hall–Kier alpha value is -2.21. The van der Waals surface area contributed by atoms with Crippen LogP contribution >= 0.6 is 0 Å². The maximum atomic E-state index is 12.2. The molecular formula is C15H21N5O. The molecule has 0 aliphatic carbocycles. The van der Waals surface area contributed by atoms with Crippen molar-refractivity contribution in [1.82, 2.24) is 25.0 Å². The van der Waals surface area contributed by atoms with Gasteiger partial charge in [0.1, 0.15) is 0 Å². The summed E-state index contributed by atoms with van der Waals surface area (Å²) in [6.07, 6.45) is 4.22. The van der Waals surface area contributed by atoms with Crippen LogP contribution in [0.1, 0.15) is 22.5 Å². The molecule has 0 bridgehead atoms. The number of hydrogen-bond donors (Lipinski definition) is 1. The van der Waals surface area contributed by atoms with Crippen LogP contribution in [0.25, 0.3) is 5.82 Å². The summed E-state index contributed by atoms with van der Waals surface area (Å²) in [4.78, 5) is 18.5. The number of amides is 1. The molecule has 0 saturated heterocycles. The monoisotopic (exact) mass is 287 g/mol. The number of hydrogen-bond acceptors (Lipinski definition) is 4. The topological polar surface area (TPSA) is 63.1 Å². The van der Waals surface area contributed by atoms with Gasteiger partial charge in [0.2, 0.25) is 0 Å². The molecule has 2 heterocycles. The Kier molecular flexibility index (Phi) is 5.05. The van der Waals surface area contributed by atoms with E-state index in [1.165, 1.54) is 0 Å². The highest BCUT2D eigenvalue weighted by Gasteiger charge is 2.14. The van der Waals surface area contributed by atoms with Gasteiger partial charge >= 0.3 is 0 Å². The summed E-state index contributed by atoms with van der Waals surface area (Å²) in [5.74, 6) is 0.620. The van der Waals surface area contributed by atoms with E-state index in [1.807, 2.05) is 39.2 Å². The molecular weight excluding hydrogens is 266 g/mol. The van der Waals surface area contributed by atoms with Crippen molar-refractivity contribution in [2.24, 2.45) is 0 Å². The molecule has 6 heteroatoms. The van der Waals surface area contributed by atoms with Crippen LogP contribution in [0.5, 0.6) is 0 Å². The zero-order valence-electron chi connectivity index (χ0n) is 12.7. The molecule has 0 aromatic carbocycles. The van der Waals surface area contributed by atoms with Crippen LogP contribution in [0, 0.1) is 6.92 Å². The van der Waals surface area contributed by atoms with Crippen molar-refractivity contribution < 1.29 is 4.79 Å². The van der Waals surface area contributed by atoms with E-state index in [0.717, 1.165) is 18.7 Å². The highest BCUT2D eigenvalue weighted by Crippen LogP contribution is 2.11. The fourth-order valence-electron chi connectivity index (χ4n) is 2.03. The van der Waals surface area contributed by atoms with Gasteiger partial charge in [-0.25, -0.2) is 9.67 Å². The van der Waals surface area contributed by atoms with Gasteiger partial charge in [-0.1, -0.05) is 6.07 Å². The van der Waals surface area contributed by atoms with E-state index in [0.29, 0.717) is 17.9 Å². The quantitative estimate of drug-likeness (QED) is 0.812. The second-order valence-corrected chi connectivity index (χ2v) is 5.16. The Balaban J connectivity index is 2.01. The highest BCUT2D eigenvalue weighted by molar-refractivity contribution is 5.95. The van der Waals surface area contributed by atoms with Gasteiger partial charge in [0.15, 0.2) is 5.82 Å². The number of nitrogens with zero attached hydrogens (tertiary/aromatic N) is 4. The minimum atomic E-state index is -0.0894. The van der Waals surface area contributed by atoms with Crippen molar-refractivity contribution in [2.45, 2.75) is 13.3 Å². The van der Waals surface area contributed by atoms with E-state index in [1.54, 1.807) is 17.1 Å². The lowest BCUT2D eigenvalue weighted by Crippen LogP contribution is -2.27. The molecule has 0 fully saturated rings. The zero-order valence-corrected chi connectivity index (χ0v) is 12.7. The highest BCUT2D eigenvalue weighted by atomic mass is 16.1. The minimum absolute atomic E-state index is 0.0894. The van der Waals surface area contributed by atoms with E-state index in [-0.39, 0.29) is 5.91 Å². The molecule has 0 atom stereocenters. The van der Waals surface area contributed by atoms with Crippen molar-refractivity contribution >= 4 is 5.91 Å². The Morgan fingerprint density at radius 3 is 2.86 bits per heavy atom. The standard InChI is InChI=1S/C15H21N5O/c1-12-13(15(21)17-9-6-10-19(2)3)11-18-20(12)14-7-4-5-8-16-14/h4-5,7-8,11H,6,9-10H2,1-3H3,(H,17,21). The summed E-state index contributed by atoms with van der Waals surface area (Å²) in [5, 5.41) is 7.17. The largest absolute Gasteiger partial charge is 0.352 e. The third-order valence-electron chi connectivity index (χ3n) is 3.19.